The van der Waals surface area contributed by atoms with E-state index in [9.17, 15) is 0 Å². The maximum Gasteiger partial charge on any atom is 0.211 e. The van der Waals surface area contributed by atoms with Gasteiger partial charge in [-0.1, -0.05) is 77.8 Å². The Hall–Kier alpha value is -2.92. The highest BCUT2D eigenvalue weighted by atomic mass is 35.5. The molecule has 0 spiro atoms. The molecule has 0 saturated carbocycles. The first-order valence-electron chi connectivity index (χ1n) is 9.31. The van der Waals surface area contributed by atoms with Crippen LogP contribution in [0.3, 0.4) is 0 Å². The third-order valence-electron chi connectivity index (χ3n) is 4.73. The standard InChI is InChI=1S/C24H15Cl2N3S/c25-19-10-6-17(7-11-19)21-14-23(18-8-12-20(26)13-9-18)29(28-21)24-27-22(15-30-24)16-4-2-1-3-5-16/h1-15H. The lowest BCUT2D eigenvalue weighted by Crippen LogP contribution is -1.99. The first kappa shape index (κ1) is 19.1. The maximum absolute atomic E-state index is 6.10. The van der Waals surface area contributed by atoms with Gasteiger partial charge in [0, 0.05) is 32.1 Å². The fraction of sp³-hybridized carbons (Fsp3) is 0. The molecule has 2 aromatic heterocycles. The van der Waals surface area contributed by atoms with E-state index in [4.69, 9.17) is 33.3 Å². The molecule has 0 aliphatic carbocycles. The fourth-order valence-corrected chi connectivity index (χ4v) is 4.27. The molecule has 5 rings (SSSR count). The average Bonchev–Trinajstić information content (AvgIpc) is 3.43. The first-order chi connectivity index (χ1) is 14.7. The molecular weight excluding hydrogens is 433 g/mol. The Morgan fingerprint density at radius 2 is 1.27 bits per heavy atom. The van der Waals surface area contributed by atoms with E-state index in [1.165, 1.54) is 0 Å². The van der Waals surface area contributed by atoms with Crippen LogP contribution in [0.4, 0.5) is 0 Å². The van der Waals surface area contributed by atoms with Gasteiger partial charge in [0.25, 0.3) is 0 Å². The maximum atomic E-state index is 6.10. The summed E-state index contributed by atoms with van der Waals surface area (Å²) in [6.07, 6.45) is 0. The van der Waals surface area contributed by atoms with Gasteiger partial charge in [-0.2, -0.15) is 5.10 Å². The zero-order valence-electron chi connectivity index (χ0n) is 15.7. The van der Waals surface area contributed by atoms with Gasteiger partial charge in [-0.15, -0.1) is 11.3 Å². The van der Waals surface area contributed by atoms with Crippen molar-refractivity contribution in [1.82, 2.24) is 14.8 Å². The number of halogens is 2. The third kappa shape index (κ3) is 3.77. The Balaban J connectivity index is 1.63. The summed E-state index contributed by atoms with van der Waals surface area (Å²) in [5.74, 6) is 0. The van der Waals surface area contributed by atoms with Crippen LogP contribution in [-0.2, 0) is 0 Å². The van der Waals surface area contributed by atoms with Crippen molar-refractivity contribution in [3.63, 3.8) is 0 Å². The molecule has 3 nitrogen and oxygen atoms in total. The molecule has 6 heteroatoms. The molecule has 0 unspecified atom stereocenters. The van der Waals surface area contributed by atoms with Gasteiger partial charge in [0.2, 0.25) is 5.13 Å². The van der Waals surface area contributed by atoms with Crippen molar-refractivity contribution in [2.75, 3.05) is 0 Å². The zero-order valence-corrected chi connectivity index (χ0v) is 18.0. The molecule has 0 bridgehead atoms. The number of aromatic nitrogens is 3. The molecule has 0 fully saturated rings. The molecule has 0 amide bonds. The van der Waals surface area contributed by atoms with Crippen LogP contribution in [0.2, 0.25) is 10.0 Å². The Bertz CT molecular complexity index is 1290. The molecule has 0 radical (unpaired) electrons. The van der Waals surface area contributed by atoms with Gasteiger partial charge in [0.1, 0.15) is 0 Å². The lowest BCUT2D eigenvalue weighted by molar-refractivity contribution is 0.881. The van der Waals surface area contributed by atoms with Crippen molar-refractivity contribution in [1.29, 1.82) is 0 Å². The van der Waals surface area contributed by atoms with Crippen molar-refractivity contribution >= 4 is 34.5 Å². The second-order valence-electron chi connectivity index (χ2n) is 6.72. The van der Waals surface area contributed by atoms with Gasteiger partial charge in [0.05, 0.1) is 17.1 Å². The Morgan fingerprint density at radius 1 is 0.667 bits per heavy atom. The summed E-state index contributed by atoms with van der Waals surface area (Å²) in [6.45, 7) is 0. The smallest absolute Gasteiger partial charge is 0.211 e. The van der Waals surface area contributed by atoms with E-state index in [0.717, 1.165) is 38.9 Å². The van der Waals surface area contributed by atoms with Gasteiger partial charge in [-0.25, -0.2) is 9.67 Å². The van der Waals surface area contributed by atoms with Gasteiger partial charge >= 0.3 is 0 Å². The van der Waals surface area contributed by atoms with Gasteiger partial charge in [-0.3, -0.25) is 0 Å². The molecule has 3 aromatic carbocycles. The van der Waals surface area contributed by atoms with Crippen molar-refractivity contribution < 1.29 is 0 Å². The molecule has 0 aliphatic rings. The van der Waals surface area contributed by atoms with Crippen LogP contribution in [-0.4, -0.2) is 14.8 Å². The van der Waals surface area contributed by atoms with Crippen molar-refractivity contribution in [2.24, 2.45) is 0 Å². The minimum absolute atomic E-state index is 0.698. The minimum Gasteiger partial charge on any atom is -0.218 e. The van der Waals surface area contributed by atoms with E-state index < -0.39 is 0 Å². The largest absolute Gasteiger partial charge is 0.218 e. The summed E-state index contributed by atoms with van der Waals surface area (Å²) < 4.78 is 1.89. The second-order valence-corrected chi connectivity index (χ2v) is 8.43. The number of benzene rings is 3. The highest BCUT2D eigenvalue weighted by Gasteiger charge is 2.16. The van der Waals surface area contributed by atoms with E-state index in [1.807, 2.05) is 71.4 Å². The predicted molar refractivity (Wildman–Crippen MR) is 126 cm³/mol. The number of hydrogen-bond acceptors (Lipinski definition) is 3. The number of rotatable bonds is 4. The minimum atomic E-state index is 0.698. The summed E-state index contributed by atoms with van der Waals surface area (Å²) in [4.78, 5) is 4.85. The summed E-state index contributed by atoms with van der Waals surface area (Å²) in [7, 11) is 0. The lowest BCUT2D eigenvalue weighted by atomic mass is 10.1. The van der Waals surface area contributed by atoms with Crippen molar-refractivity contribution in [3.05, 3.63) is 100 Å². The number of hydrogen-bond donors (Lipinski definition) is 0. The first-order valence-corrected chi connectivity index (χ1v) is 10.9. The quantitative estimate of drug-likeness (QED) is 0.283. The normalized spacial score (nSPS) is 11.0. The van der Waals surface area contributed by atoms with Gasteiger partial charge in [-0.05, 0) is 30.3 Å². The molecular formula is C24H15Cl2N3S. The van der Waals surface area contributed by atoms with Crippen LogP contribution < -0.4 is 0 Å². The van der Waals surface area contributed by atoms with Gasteiger partial charge < -0.3 is 0 Å². The van der Waals surface area contributed by atoms with Crippen LogP contribution in [0.1, 0.15) is 0 Å². The fourth-order valence-electron chi connectivity index (χ4n) is 3.22. The van der Waals surface area contributed by atoms with E-state index in [-0.39, 0.29) is 0 Å². The van der Waals surface area contributed by atoms with Crippen molar-refractivity contribution in [2.45, 2.75) is 0 Å². The molecule has 146 valence electrons. The molecule has 5 aromatic rings. The summed E-state index contributed by atoms with van der Waals surface area (Å²) in [5.41, 5.74) is 5.83. The summed E-state index contributed by atoms with van der Waals surface area (Å²) in [6, 6.07) is 27.6. The molecule has 2 heterocycles. The Labute approximate surface area is 188 Å². The van der Waals surface area contributed by atoms with Crippen LogP contribution >= 0.6 is 34.5 Å². The monoisotopic (exact) mass is 447 g/mol. The average molecular weight is 448 g/mol. The number of thiazole rings is 1. The molecule has 0 atom stereocenters. The molecule has 0 aliphatic heterocycles. The van der Waals surface area contributed by atoms with Crippen LogP contribution in [0, 0.1) is 0 Å². The zero-order chi connectivity index (χ0) is 20.5. The van der Waals surface area contributed by atoms with Crippen LogP contribution in [0.15, 0.2) is 90.3 Å². The summed E-state index contributed by atoms with van der Waals surface area (Å²) >= 11 is 13.7. The topological polar surface area (TPSA) is 30.7 Å². The third-order valence-corrected chi connectivity index (χ3v) is 6.05. The molecule has 0 saturated heterocycles. The van der Waals surface area contributed by atoms with Crippen LogP contribution in [0.25, 0.3) is 38.9 Å². The SMILES string of the molecule is Clc1ccc(-c2cc(-c3ccc(Cl)cc3)n(-c3nc(-c4ccccc4)cs3)n2)cc1. The highest BCUT2D eigenvalue weighted by Crippen LogP contribution is 2.32. The molecule has 0 N–H and O–H groups in total. The predicted octanol–water partition coefficient (Wildman–Crippen LogP) is 7.64. The van der Waals surface area contributed by atoms with Crippen molar-refractivity contribution in [3.8, 4) is 38.9 Å². The van der Waals surface area contributed by atoms with Crippen LogP contribution in [0.5, 0.6) is 0 Å². The second kappa shape index (κ2) is 8.07. The molecule has 30 heavy (non-hydrogen) atoms. The van der Waals surface area contributed by atoms with E-state index >= 15 is 0 Å². The Kier molecular flexibility index (Phi) is 5.13. The van der Waals surface area contributed by atoms with E-state index in [0.29, 0.717) is 10.0 Å². The summed E-state index contributed by atoms with van der Waals surface area (Å²) in [5, 5.41) is 9.13. The van der Waals surface area contributed by atoms with E-state index in [2.05, 4.69) is 23.6 Å². The number of nitrogens with zero attached hydrogens (tertiary/aromatic N) is 3. The highest BCUT2D eigenvalue weighted by molar-refractivity contribution is 7.12. The van der Waals surface area contributed by atoms with E-state index in [1.54, 1.807) is 11.3 Å². The lowest BCUT2D eigenvalue weighted by Gasteiger charge is -2.04. The van der Waals surface area contributed by atoms with Gasteiger partial charge in [0.15, 0.2) is 0 Å². The Morgan fingerprint density at radius 3 is 1.93 bits per heavy atom.